The van der Waals surface area contributed by atoms with Gasteiger partial charge in [0, 0.05) is 19.1 Å². The van der Waals surface area contributed by atoms with E-state index in [1.807, 2.05) is 11.3 Å². The number of benzene rings is 1. The fourth-order valence-electron chi connectivity index (χ4n) is 2.80. The van der Waals surface area contributed by atoms with Crippen LogP contribution in [-0.2, 0) is 0 Å². The average Bonchev–Trinajstić information content (AvgIpc) is 2.89. The highest BCUT2D eigenvalue weighted by atomic mass is 32.1. The third kappa shape index (κ3) is 3.13. The number of para-hydroxylation sites is 1. The summed E-state index contributed by atoms with van der Waals surface area (Å²) in [5, 5.41) is 4.76. The smallest absolute Gasteiger partial charge is 0.186 e. The second-order valence-corrected chi connectivity index (χ2v) is 6.99. The third-order valence-corrected chi connectivity index (χ3v) is 4.98. The number of nitrogens with one attached hydrogen (secondary N) is 1. The standard InChI is InChI=1S/C16H23N3S/c1-12(2)17-10-13-6-5-9-19(11-13)16-18-14-7-3-4-8-15(14)20-16/h3-4,7-8,12-13,17H,5-6,9-11H2,1-2H3. The van der Waals surface area contributed by atoms with Gasteiger partial charge in [0.05, 0.1) is 10.2 Å². The van der Waals surface area contributed by atoms with Gasteiger partial charge in [-0.3, -0.25) is 0 Å². The zero-order valence-electron chi connectivity index (χ0n) is 12.3. The molecule has 0 aliphatic carbocycles. The van der Waals surface area contributed by atoms with E-state index in [0.717, 1.165) is 31.1 Å². The first-order valence-corrected chi connectivity index (χ1v) is 8.38. The molecule has 0 amide bonds. The molecule has 1 atom stereocenters. The van der Waals surface area contributed by atoms with Gasteiger partial charge in [0.2, 0.25) is 0 Å². The summed E-state index contributed by atoms with van der Waals surface area (Å²) < 4.78 is 1.30. The van der Waals surface area contributed by atoms with Crippen LogP contribution in [0, 0.1) is 5.92 Å². The first kappa shape index (κ1) is 13.8. The van der Waals surface area contributed by atoms with Crippen molar-refractivity contribution in [1.29, 1.82) is 0 Å². The highest BCUT2D eigenvalue weighted by molar-refractivity contribution is 7.22. The van der Waals surface area contributed by atoms with Crippen LogP contribution in [0.4, 0.5) is 5.13 Å². The number of aromatic nitrogens is 1. The molecule has 0 spiro atoms. The van der Waals surface area contributed by atoms with Crippen molar-refractivity contribution in [2.24, 2.45) is 5.92 Å². The van der Waals surface area contributed by atoms with Crippen molar-refractivity contribution < 1.29 is 0 Å². The van der Waals surface area contributed by atoms with E-state index in [0.29, 0.717) is 6.04 Å². The number of fused-ring (bicyclic) bond motifs is 1. The number of piperidine rings is 1. The lowest BCUT2D eigenvalue weighted by molar-refractivity contribution is 0.379. The number of anilines is 1. The molecular weight excluding hydrogens is 266 g/mol. The molecule has 0 bridgehead atoms. The molecule has 1 saturated heterocycles. The minimum atomic E-state index is 0.577. The van der Waals surface area contributed by atoms with Crippen LogP contribution in [0.2, 0.25) is 0 Å². The van der Waals surface area contributed by atoms with Crippen LogP contribution in [0.3, 0.4) is 0 Å². The summed E-state index contributed by atoms with van der Waals surface area (Å²) in [6, 6.07) is 9.01. The molecule has 3 rings (SSSR count). The first-order chi connectivity index (χ1) is 9.72. The quantitative estimate of drug-likeness (QED) is 0.933. The first-order valence-electron chi connectivity index (χ1n) is 7.56. The van der Waals surface area contributed by atoms with Crippen LogP contribution < -0.4 is 10.2 Å². The Kier molecular flexibility index (Phi) is 4.22. The van der Waals surface area contributed by atoms with Crippen molar-refractivity contribution in [1.82, 2.24) is 10.3 Å². The zero-order chi connectivity index (χ0) is 13.9. The molecule has 3 nitrogen and oxygen atoms in total. The molecule has 1 aromatic heterocycles. The van der Waals surface area contributed by atoms with Crippen molar-refractivity contribution in [3.8, 4) is 0 Å². The average molecular weight is 289 g/mol. The fourth-order valence-corrected chi connectivity index (χ4v) is 3.80. The molecule has 1 unspecified atom stereocenters. The van der Waals surface area contributed by atoms with Crippen LogP contribution in [-0.4, -0.2) is 30.7 Å². The van der Waals surface area contributed by atoms with Crippen molar-refractivity contribution in [2.45, 2.75) is 32.7 Å². The predicted octanol–water partition coefficient (Wildman–Crippen LogP) is 3.51. The molecule has 1 N–H and O–H groups in total. The molecule has 2 heterocycles. The van der Waals surface area contributed by atoms with Crippen LogP contribution >= 0.6 is 11.3 Å². The summed E-state index contributed by atoms with van der Waals surface area (Å²) in [4.78, 5) is 7.26. The number of hydrogen-bond acceptors (Lipinski definition) is 4. The van der Waals surface area contributed by atoms with Gasteiger partial charge in [-0.25, -0.2) is 4.98 Å². The van der Waals surface area contributed by atoms with E-state index in [9.17, 15) is 0 Å². The lowest BCUT2D eigenvalue weighted by atomic mass is 9.98. The van der Waals surface area contributed by atoms with Gasteiger partial charge in [0.15, 0.2) is 5.13 Å². The highest BCUT2D eigenvalue weighted by Crippen LogP contribution is 2.31. The van der Waals surface area contributed by atoms with Gasteiger partial charge in [-0.15, -0.1) is 0 Å². The van der Waals surface area contributed by atoms with E-state index in [2.05, 4.69) is 48.3 Å². The van der Waals surface area contributed by atoms with Crippen molar-refractivity contribution >= 4 is 26.7 Å². The van der Waals surface area contributed by atoms with E-state index < -0.39 is 0 Å². The van der Waals surface area contributed by atoms with Crippen LogP contribution in [0.15, 0.2) is 24.3 Å². The summed E-state index contributed by atoms with van der Waals surface area (Å²) in [6.45, 7) is 7.85. The van der Waals surface area contributed by atoms with E-state index in [-0.39, 0.29) is 0 Å². The Hall–Kier alpha value is -1.13. The molecule has 108 valence electrons. The van der Waals surface area contributed by atoms with Crippen molar-refractivity contribution in [2.75, 3.05) is 24.5 Å². The monoisotopic (exact) mass is 289 g/mol. The second kappa shape index (κ2) is 6.10. The van der Waals surface area contributed by atoms with Gasteiger partial charge < -0.3 is 10.2 Å². The molecule has 1 fully saturated rings. The van der Waals surface area contributed by atoms with E-state index in [4.69, 9.17) is 4.98 Å². The Morgan fingerprint density at radius 1 is 1.40 bits per heavy atom. The normalized spacial score (nSPS) is 19.9. The number of hydrogen-bond donors (Lipinski definition) is 1. The minimum Gasteiger partial charge on any atom is -0.348 e. The molecule has 1 aliphatic rings. The van der Waals surface area contributed by atoms with E-state index >= 15 is 0 Å². The fraction of sp³-hybridized carbons (Fsp3) is 0.562. The topological polar surface area (TPSA) is 28.2 Å². The second-order valence-electron chi connectivity index (χ2n) is 5.98. The summed E-state index contributed by atoms with van der Waals surface area (Å²) >= 11 is 1.82. The summed E-state index contributed by atoms with van der Waals surface area (Å²) in [5.41, 5.74) is 1.13. The molecule has 2 aromatic rings. The molecule has 0 saturated carbocycles. The van der Waals surface area contributed by atoms with Gasteiger partial charge in [-0.2, -0.15) is 0 Å². The van der Waals surface area contributed by atoms with Crippen LogP contribution in [0.25, 0.3) is 10.2 Å². The molecular formula is C16H23N3S. The zero-order valence-corrected chi connectivity index (χ0v) is 13.1. The number of nitrogens with zero attached hydrogens (tertiary/aromatic N) is 2. The largest absolute Gasteiger partial charge is 0.348 e. The van der Waals surface area contributed by atoms with E-state index in [1.165, 1.54) is 22.7 Å². The lowest BCUT2D eigenvalue weighted by Gasteiger charge is -2.33. The highest BCUT2D eigenvalue weighted by Gasteiger charge is 2.22. The van der Waals surface area contributed by atoms with Gasteiger partial charge in [0.25, 0.3) is 0 Å². The Balaban J connectivity index is 1.69. The SMILES string of the molecule is CC(C)NCC1CCCN(c2nc3ccccc3s2)C1. The van der Waals surface area contributed by atoms with E-state index in [1.54, 1.807) is 0 Å². The maximum atomic E-state index is 4.79. The Morgan fingerprint density at radius 2 is 2.25 bits per heavy atom. The third-order valence-electron chi connectivity index (χ3n) is 3.89. The van der Waals surface area contributed by atoms with Gasteiger partial charge in [-0.05, 0) is 37.4 Å². The van der Waals surface area contributed by atoms with Gasteiger partial charge >= 0.3 is 0 Å². The molecule has 1 aliphatic heterocycles. The lowest BCUT2D eigenvalue weighted by Crippen LogP contribution is -2.41. The summed E-state index contributed by atoms with van der Waals surface area (Å²) in [5.74, 6) is 0.748. The number of thiazole rings is 1. The minimum absolute atomic E-state index is 0.577. The van der Waals surface area contributed by atoms with Crippen LogP contribution in [0.5, 0.6) is 0 Å². The van der Waals surface area contributed by atoms with Crippen molar-refractivity contribution in [3.05, 3.63) is 24.3 Å². The molecule has 0 radical (unpaired) electrons. The Morgan fingerprint density at radius 3 is 3.05 bits per heavy atom. The van der Waals surface area contributed by atoms with Crippen molar-refractivity contribution in [3.63, 3.8) is 0 Å². The van der Waals surface area contributed by atoms with Gasteiger partial charge in [0.1, 0.15) is 0 Å². The number of rotatable bonds is 4. The molecule has 1 aromatic carbocycles. The van der Waals surface area contributed by atoms with Crippen LogP contribution in [0.1, 0.15) is 26.7 Å². The Labute approximate surface area is 125 Å². The molecule has 4 heteroatoms. The summed E-state index contributed by atoms with van der Waals surface area (Å²) in [7, 11) is 0. The maximum Gasteiger partial charge on any atom is 0.186 e. The van der Waals surface area contributed by atoms with Gasteiger partial charge in [-0.1, -0.05) is 37.3 Å². The molecule has 20 heavy (non-hydrogen) atoms. The Bertz CT molecular complexity index is 531. The predicted molar refractivity (Wildman–Crippen MR) is 87.7 cm³/mol. The summed E-state index contributed by atoms with van der Waals surface area (Å²) in [6.07, 6.45) is 2.61. The maximum absolute atomic E-state index is 4.79.